The predicted octanol–water partition coefficient (Wildman–Crippen LogP) is 0.900. The molecule has 0 saturated carbocycles. The van der Waals surface area contributed by atoms with Gasteiger partial charge in [0.05, 0.1) is 13.7 Å². The van der Waals surface area contributed by atoms with Gasteiger partial charge in [-0.2, -0.15) is 0 Å². The molecule has 7 heavy (non-hydrogen) atoms. The molecule has 0 heterocycles. The van der Waals surface area contributed by atoms with E-state index in [1.807, 2.05) is 0 Å². The maximum absolute atomic E-state index is 5.27. The van der Waals surface area contributed by atoms with E-state index in [-0.39, 0.29) is 0 Å². The van der Waals surface area contributed by atoms with Crippen molar-refractivity contribution in [2.45, 2.75) is 0 Å². The molecule has 0 aromatic rings. The van der Waals surface area contributed by atoms with Crippen LogP contribution in [0.2, 0.25) is 0 Å². The SMILES string of the molecule is COC=NCCCl. The number of halogens is 1. The molecule has 0 unspecified atom stereocenters. The van der Waals surface area contributed by atoms with Crippen molar-refractivity contribution in [1.82, 2.24) is 0 Å². The van der Waals surface area contributed by atoms with Gasteiger partial charge in [-0.05, 0) is 0 Å². The first-order chi connectivity index (χ1) is 3.41. The molecule has 0 spiro atoms. The second-order valence-electron chi connectivity index (χ2n) is 0.936. The molecule has 0 rings (SSSR count). The average molecular weight is 122 g/mol. The van der Waals surface area contributed by atoms with E-state index < -0.39 is 0 Å². The summed E-state index contributed by atoms with van der Waals surface area (Å²) in [5, 5.41) is 0. The van der Waals surface area contributed by atoms with Gasteiger partial charge in [0.25, 0.3) is 0 Å². The number of ether oxygens (including phenoxy) is 1. The van der Waals surface area contributed by atoms with Crippen molar-refractivity contribution in [2.75, 3.05) is 19.5 Å². The first-order valence-corrected chi connectivity index (χ1v) is 2.52. The Labute approximate surface area is 48.1 Å². The van der Waals surface area contributed by atoms with Crippen LogP contribution in [0.15, 0.2) is 4.99 Å². The van der Waals surface area contributed by atoms with Crippen LogP contribution in [0, 0.1) is 0 Å². The third-order valence-corrected chi connectivity index (χ3v) is 0.563. The zero-order valence-corrected chi connectivity index (χ0v) is 4.98. The molecule has 0 aliphatic heterocycles. The highest BCUT2D eigenvalue weighted by molar-refractivity contribution is 6.18. The van der Waals surface area contributed by atoms with E-state index in [1.165, 1.54) is 6.40 Å². The van der Waals surface area contributed by atoms with Gasteiger partial charge in [-0.3, -0.25) is 4.99 Å². The zero-order chi connectivity index (χ0) is 5.54. The lowest BCUT2D eigenvalue weighted by Crippen LogP contribution is -1.82. The molecule has 0 aromatic carbocycles. The number of hydrogen-bond acceptors (Lipinski definition) is 2. The summed E-state index contributed by atoms with van der Waals surface area (Å²) in [6, 6.07) is 0. The van der Waals surface area contributed by atoms with Crippen LogP contribution in [-0.4, -0.2) is 25.9 Å². The van der Waals surface area contributed by atoms with Gasteiger partial charge in [-0.25, -0.2) is 0 Å². The van der Waals surface area contributed by atoms with Crippen molar-refractivity contribution >= 4 is 18.0 Å². The standard InChI is InChI=1S/C4H8ClNO/c1-7-4-6-3-2-5/h4H,2-3H2,1H3. The smallest absolute Gasteiger partial charge is 0.169 e. The molecule has 0 aliphatic rings. The van der Waals surface area contributed by atoms with Crippen LogP contribution in [-0.2, 0) is 4.74 Å². The molecule has 0 bridgehead atoms. The fourth-order valence-corrected chi connectivity index (χ4v) is 0.274. The van der Waals surface area contributed by atoms with E-state index in [0.29, 0.717) is 12.4 Å². The maximum Gasteiger partial charge on any atom is 0.169 e. The number of methoxy groups -OCH3 is 1. The van der Waals surface area contributed by atoms with Crippen molar-refractivity contribution in [2.24, 2.45) is 4.99 Å². The quantitative estimate of drug-likeness (QED) is 0.309. The Kier molecular flexibility index (Phi) is 5.56. The minimum Gasteiger partial charge on any atom is -0.487 e. The third-order valence-electron chi connectivity index (χ3n) is 0.394. The number of nitrogens with zero attached hydrogens (tertiary/aromatic N) is 1. The lowest BCUT2D eigenvalue weighted by atomic mass is 10.8. The van der Waals surface area contributed by atoms with E-state index in [2.05, 4.69) is 9.73 Å². The summed E-state index contributed by atoms with van der Waals surface area (Å²) in [5.74, 6) is 0.555. The summed E-state index contributed by atoms with van der Waals surface area (Å²) in [7, 11) is 1.55. The minimum atomic E-state index is 0.555. The van der Waals surface area contributed by atoms with E-state index in [1.54, 1.807) is 7.11 Å². The molecular weight excluding hydrogens is 114 g/mol. The van der Waals surface area contributed by atoms with Crippen molar-refractivity contribution in [3.8, 4) is 0 Å². The maximum atomic E-state index is 5.27. The minimum absolute atomic E-state index is 0.555. The molecule has 2 nitrogen and oxygen atoms in total. The Morgan fingerprint density at radius 2 is 2.57 bits per heavy atom. The highest BCUT2D eigenvalue weighted by atomic mass is 35.5. The van der Waals surface area contributed by atoms with Crippen molar-refractivity contribution in [1.29, 1.82) is 0 Å². The normalized spacial score (nSPS) is 10.0. The highest BCUT2D eigenvalue weighted by Gasteiger charge is 1.69. The van der Waals surface area contributed by atoms with Crippen LogP contribution in [0.4, 0.5) is 0 Å². The molecule has 3 heteroatoms. The second-order valence-corrected chi connectivity index (χ2v) is 1.31. The van der Waals surface area contributed by atoms with Gasteiger partial charge >= 0.3 is 0 Å². The molecule has 0 atom stereocenters. The lowest BCUT2D eigenvalue weighted by molar-refractivity contribution is 0.421. The van der Waals surface area contributed by atoms with Gasteiger partial charge in [-0.1, -0.05) is 0 Å². The third kappa shape index (κ3) is 5.76. The summed E-state index contributed by atoms with van der Waals surface area (Å²) >= 11 is 5.27. The summed E-state index contributed by atoms with van der Waals surface area (Å²) in [4.78, 5) is 3.73. The summed E-state index contributed by atoms with van der Waals surface area (Å²) in [6.07, 6.45) is 1.38. The largest absolute Gasteiger partial charge is 0.487 e. The van der Waals surface area contributed by atoms with Crippen LogP contribution in [0.25, 0.3) is 0 Å². The molecule has 0 fully saturated rings. The van der Waals surface area contributed by atoms with Crippen molar-refractivity contribution < 1.29 is 4.74 Å². The van der Waals surface area contributed by atoms with Crippen molar-refractivity contribution in [3.63, 3.8) is 0 Å². The first kappa shape index (κ1) is 6.76. The Bertz CT molecular complexity index is 55.7. The number of rotatable bonds is 3. The Morgan fingerprint density at radius 1 is 1.86 bits per heavy atom. The topological polar surface area (TPSA) is 21.6 Å². The van der Waals surface area contributed by atoms with Crippen LogP contribution >= 0.6 is 11.6 Å². The van der Waals surface area contributed by atoms with Crippen LogP contribution < -0.4 is 0 Å². The molecule has 0 aromatic heterocycles. The van der Waals surface area contributed by atoms with Gasteiger partial charge in [0.2, 0.25) is 0 Å². The Balaban J connectivity index is 2.78. The first-order valence-electron chi connectivity index (χ1n) is 1.99. The van der Waals surface area contributed by atoms with E-state index in [4.69, 9.17) is 11.6 Å². The van der Waals surface area contributed by atoms with Gasteiger partial charge in [0.15, 0.2) is 6.40 Å². The van der Waals surface area contributed by atoms with Crippen LogP contribution in [0.1, 0.15) is 0 Å². The number of hydrogen-bond donors (Lipinski definition) is 0. The average Bonchev–Trinajstić information content (AvgIpc) is 1.69. The fraction of sp³-hybridized carbons (Fsp3) is 0.750. The summed E-state index contributed by atoms with van der Waals surface area (Å²) in [6.45, 7) is 0.634. The van der Waals surface area contributed by atoms with Gasteiger partial charge in [0.1, 0.15) is 0 Å². The second kappa shape index (κ2) is 5.76. The summed E-state index contributed by atoms with van der Waals surface area (Å²) in [5.41, 5.74) is 0. The van der Waals surface area contributed by atoms with Crippen LogP contribution in [0.5, 0.6) is 0 Å². The number of alkyl halides is 1. The molecular formula is C4H8ClNO. The Hall–Kier alpha value is -0.240. The summed E-state index contributed by atoms with van der Waals surface area (Å²) < 4.78 is 4.49. The monoisotopic (exact) mass is 121 g/mol. The van der Waals surface area contributed by atoms with E-state index in [0.717, 1.165) is 0 Å². The highest BCUT2D eigenvalue weighted by Crippen LogP contribution is 1.73. The molecule has 0 saturated heterocycles. The lowest BCUT2D eigenvalue weighted by Gasteiger charge is -1.82. The molecule has 42 valence electrons. The van der Waals surface area contributed by atoms with E-state index in [9.17, 15) is 0 Å². The van der Waals surface area contributed by atoms with Gasteiger partial charge < -0.3 is 4.74 Å². The molecule has 0 radical (unpaired) electrons. The number of aliphatic imine (C=N–C) groups is 1. The molecule has 0 amide bonds. The fourth-order valence-electron chi connectivity index (χ4n) is 0.176. The molecule has 0 aliphatic carbocycles. The van der Waals surface area contributed by atoms with Gasteiger partial charge in [0, 0.05) is 5.88 Å². The molecule has 0 N–H and O–H groups in total. The predicted molar refractivity (Wildman–Crippen MR) is 31.1 cm³/mol. The van der Waals surface area contributed by atoms with Crippen molar-refractivity contribution in [3.05, 3.63) is 0 Å². The van der Waals surface area contributed by atoms with Crippen LogP contribution in [0.3, 0.4) is 0 Å². The van der Waals surface area contributed by atoms with E-state index >= 15 is 0 Å². The van der Waals surface area contributed by atoms with Gasteiger partial charge in [-0.15, -0.1) is 11.6 Å². The Morgan fingerprint density at radius 3 is 3.00 bits per heavy atom. The zero-order valence-electron chi connectivity index (χ0n) is 4.22.